The van der Waals surface area contributed by atoms with E-state index in [1.165, 1.54) is 6.07 Å². The second kappa shape index (κ2) is 11.7. The van der Waals surface area contributed by atoms with Crippen molar-refractivity contribution < 1.29 is 46.4 Å². The molecule has 1 unspecified atom stereocenters. The number of aromatic amines is 1. The molecule has 0 bridgehead atoms. The number of carbonyl (C=O) groups is 2. The predicted octanol–water partition coefficient (Wildman–Crippen LogP) is 3.51. The van der Waals surface area contributed by atoms with E-state index in [9.17, 15) is 31.9 Å². The van der Waals surface area contributed by atoms with Crippen LogP contribution in [-0.4, -0.2) is 68.4 Å². The summed E-state index contributed by atoms with van der Waals surface area (Å²) in [4.78, 5) is 29.2. The maximum atomic E-state index is 14.4. The number of nitrogens with one attached hydrogen (secondary N) is 1. The topological polar surface area (TPSA) is 114 Å². The van der Waals surface area contributed by atoms with Gasteiger partial charge in [0.1, 0.15) is 23.9 Å². The van der Waals surface area contributed by atoms with Gasteiger partial charge in [0.2, 0.25) is 6.33 Å². The number of amides is 2. The largest absolute Gasteiger partial charge is 0.508 e. The molecule has 9 nitrogen and oxygen atoms in total. The molecule has 14 heteroatoms. The van der Waals surface area contributed by atoms with Gasteiger partial charge in [-0.1, -0.05) is 18.2 Å². The van der Waals surface area contributed by atoms with Gasteiger partial charge in [-0.2, -0.15) is 23.0 Å². The number of aromatic nitrogens is 3. The first-order chi connectivity index (χ1) is 17.9. The van der Waals surface area contributed by atoms with Crippen molar-refractivity contribution in [1.29, 1.82) is 0 Å². The van der Waals surface area contributed by atoms with Crippen molar-refractivity contribution in [1.82, 2.24) is 19.9 Å². The molecule has 2 amide bonds. The third-order valence-electron chi connectivity index (χ3n) is 5.52. The fourth-order valence-corrected chi connectivity index (χ4v) is 3.65. The number of carboxylic acid groups (broad SMARTS) is 1. The molecule has 0 saturated heterocycles. The first kappa shape index (κ1) is 28.1. The molecule has 3 N–H and O–H groups in total. The number of phenolic OH excluding ortho intramolecular Hbond substituents is 1. The number of carboxylic acids is 1. The summed E-state index contributed by atoms with van der Waals surface area (Å²) in [7, 11) is 1.68. The minimum absolute atomic E-state index is 0.0627. The fourth-order valence-electron chi connectivity index (χ4n) is 3.65. The van der Waals surface area contributed by atoms with Crippen LogP contribution in [0.1, 0.15) is 17.2 Å². The summed E-state index contributed by atoms with van der Waals surface area (Å²) >= 11 is 0. The van der Waals surface area contributed by atoms with Gasteiger partial charge >= 0.3 is 24.5 Å². The molecule has 3 aromatic rings. The number of hydrogen-bond donors (Lipinski definition) is 3. The highest BCUT2D eigenvalue weighted by Gasteiger charge is 2.38. The van der Waals surface area contributed by atoms with Gasteiger partial charge in [0.05, 0.1) is 12.6 Å². The number of carbonyl (C=O) groups excluding carboxylic acids is 1. The van der Waals surface area contributed by atoms with Crippen molar-refractivity contribution in [3.8, 4) is 5.75 Å². The third kappa shape index (κ3) is 7.05. The Balaban J connectivity index is 0.000000505. The van der Waals surface area contributed by atoms with Gasteiger partial charge in [-0.05, 0) is 46.5 Å². The van der Waals surface area contributed by atoms with E-state index in [1.54, 1.807) is 58.5 Å². The van der Waals surface area contributed by atoms with Gasteiger partial charge in [-0.15, -0.1) is 0 Å². The summed E-state index contributed by atoms with van der Waals surface area (Å²) in [5.41, 5.74) is 1.31. The monoisotopic (exact) mass is 540 g/mol. The van der Waals surface area contributed by atoms with Crippen LogP contribution in [0.25, 0.3) is 5.57 Å². The van der Waals surface area contributed by atoms with Crippen molar-refractivity contribution in [2.24, 2.45) is 0 Å². The van der Waals surface area contributed by atoms with Crippen LogP contribution in [0.3, 0.4) is 0 Å². The lowest BCUT2D eigenvalue weighted by Gasteiger charge is -2.29. The van der Waals surface area contributed by atoms with Gasteiger partial charge in [0.15, 0.2) is 0 Å². The number of rotatable bonds is 5. The highest BCUT2D eigenvalue weighted by molar-refractivity contribution is 5.82. The number of aliphatic carboxylic acids is 1. The van der Waals surface area contributed by atoms with Crippen molar-refractivity contribution in [2.75, 3.05) is 20.1 Å². The van der Waals surface area contributed by atoms with Gasteiger partial charge in [-0.3, -0.25) is 0 Å². The van der Waals surface area contributed by atoms with E-state index in [-0.39, 0.29) is 23.9 Å². The molecule has 0 spiro atoms. The number of halogens is 5. The highest BCUT2D eigenvalue weighted by Crippen LogP contribution is 2.37. The summed E-state index contributed by atoms with van der Waals surface area (Å²) in [6, 6.07) is 9.04. The number of likely N-dealkylation sites (N-methyl/N-ethyl adjacent to an activating group) is 1. The summed E-state index contributed by atoms with van der Waals surface area (Å²) < 4.78 is 61.7. The van der Waals surface area contributed by atoms with Crippen molar-refractivity contribution in [3.05, 3.63) is 84.0 Å². The Bertz CT molecular complexity index is 1310. The average molecular weight is 540 g/mol. The number of benzene rings is 2. The Kier molecular flexibility index (Phi) is 8.65. The molecule has 1 aliphatic rings. The molecule has 38 heavy (non-hydrogen) atoms. The normalized spacial score (nSPS) is 14.9. The number of phenols is 1. The molecule has 0 fully saturated rings. The van der Waals surface area contributed by atoms with Crippen LogP contribution in [0.2, 0.25) is 0 Å². The first-order valence-electron chi connectivity index (χ1n) is 11.0. The number of urea groups is 1. The van der Waals surface area contributed by atoms with Crippen LogP contribution >= 0.6 is 0 Å². The molecule has 2 aromatic carbocycles. The number of H-pyrrole nitrogens is 1. The third-order valence-corrected chi connectivity index (χ3v) is 5.52. The SMILES string of the molecule is CN(CC[n+]1cnc[nH]1)C(=O)N1CC(c2cc(F)ccc2F)=CC1c1cccc(O)c1.O=C(O)C(F)(F)F. The minimum Gasteiger partial charge on any atom is -0.508 e. The van der Waals surface area contributed by atoms with Crippen LogP contribution < -0.4 is 4.68 Å². The van der Waals surface area contributed by atoms with Gasteiger partial charge < -0.3 is 20.0 Å². The molecular formula is C24H23F5N5O4+. The Labute approximate surface area is 213 Å². The second-order valence-corrected chi connectivity index (χ2v) is 8.21. The van der Waals surface area contributed by atoms with Crippen LogP contribution in [0.5, 0.6) is 5.75 Å². The molecule has 0 saturated carbocycles. The molecular weight excluding hydrogens is 517 g/mol. The van der Waals surface area contributed by atoms with E-state index >= 15 is 0 Å². The van der Waals surface area contributed by atoms with Crippen molar-refractivity contribution in [3.63, 3.8) is 0 Å². The zero-order valence-corrected chi connectivity index (χ0v) is 19.9. The number of aromatic hydroxyl groups is 1. The van der Waals surface area contributed by atoms with E-state index in [4.69, 9.17) is 9.90 Å². The Morgan fingerprint density at radius 1 is 1.21 bits per heavy atom. The first-order valence-corrected chi connectivity index (χ1v) is 11.0. The Morgan fingerprint density at radius 2 is 1.92 bits per heavy atom. The lowest BCUT2D eigenvalue weighted by atomic mass is 10.0. The molecule has 0 aliphatic carbocycles. The van der Waals surface area contributed by atoms with Gasteiger partial charge in [-0.25, -0.2) is 18.4 Å². The van der Waals surface area contributed by atoms with E-state index < -0.39 is 29.8 Å². The second-order valence-electron chi connectivity index (χ2n) is 8.21. The van der Waals surface area contributed by atoms with Gasteiger partial charge in [0, 0.05) is 19.2 Å². The quantitative estimate of drug-likeness (QED) is 0.339. The van der Waals surface area contributed by atoms with Crippen molar-refractivity contribution in [2.45, 2.75) is 18.8 Å². The maximum absolute atomic E-state index is 14.4. The summed E-state index contributed by atoms with van der Waals surface area (Å²) in [6.07, 6.45) is -0.179. The molecule has 1 aromatic heterocycles. The molecule has 202 valence electrons. The zero-order valence-electron chi connectivity index (χ0n) is 19.9. The maximum Gasteiger partial charge on any atom is 0.490 e. The van der Waals surface area contributed by atoms with Crippen LogP contribution in [-0.2, 0) is 11.3 Å². The van der Waals surface area contributed by atoms with E-state index in [0.29, 0.717) is 24.2 Å². The number of hydrogen-bond acceptors (Lipinski definition) is 4. The number of alkyl halides is 3. The van der Waals surface area contributed by atoms with Crippen LogP contribution in [0.15, 0.2) is 61.2 Å². The number of nitrogens with zero attached hydrogens (tertiary/aromatic N) is 4. The Morgan fingerprint density at radius 3 is 2.53 bits per heavy atom. The summed E-state index contributed by atoms with van der Waals surface area (Å²) in [5, 5.41) is 20.0. The van der Waals surface area contributed by atoms with Crippen molar-refractivity contribution >= 4 is 17.6 Å². The summed E-state index contributed by atoms with van der Waals surface area (Å²) in [5.74, 6) is -3.80. The van der Waals surface area contributed by atoms with E-state index in [0.717, 1.165) is 18.2 Å². The van der Waals surface area contributed by atoms with E-state index in [2.05, 4.69) is 10.1 Å². The lowest BCUT2D eigenvalue weighted by Crippen LogP contribution is -2.46. The fraction of sp³-hybridized carbons (Fsp3) is 0.250. The van der Waals surface area contributed by atoms with Crippen LogP contribution in [0.4, 0.5) is 26.7 Å². The molecule has 0 radical (unpaired) electrons. The molecule has 1 atom stereocenters. The standard InChI is InChI=1S/C22H21F2N5O2.C2HF3O2/c1-27(7-8-28-14-25-13-26-28)22(31)29-12-16(19-11-17(23)5-6-20(19)24)10-21(29)15-3-2-4-18(30)9-15;3-2(4,5)1(6)7/h2-6,9-11,13-14,21,30H,7-8,12H2,1H3;(H,6,7)/p+1. The molecule has 4 rings (SSSR count). The minimum atomic E-state index is -5.08. The zero-order chi connectivity index (χ0) is 28.0. The van der Waals surface area contributed by atoms with Crippen LogP contribution in [0, 0.1) is 11.6 Å². The highest BCUT2D eigenvalue weighted by atomic mass is 19.4. The van der Waals surface area contributed by atoms with E-state index in [1.807, 2.05) is 0 Å². The Hall–Kier alpha value is -4.49. The van der Waals surface area contributed by atoms with Gasteiger partial charge in [0.25, 0.3) is 0 Å². The lowest BCUT2D eigenvalue weighted by molar-refractivity contribution is -0.750. The predicted molar refractivity (Wildman–Crippen MR) is 122 cm³/mol. The molecule has 2 heterocycles. The smallest absolute Gasteiger partial charge is 0.490 e. The average Bonchev–Trinajstić information content (AvgIpc) is 3.54. The molecule has 1 aliphatic heterocycles. The summed E-state index contributed by atoms with van der Waals surface area (Å²) in [6.45, 7) is 1.05.